The van der Waals surface area contributed by atoms with Crippen LogP contribution in [0.2, 0.25) is 0 Å². The lowest BCUT2D eigenvalue weighted by Gasteiger charge is -2.24. The second-order valence-electron chi connectivity index (χ2n) is 4.56. The van der Waals surface area contributed by atoms with E-state index in [2.05, 4.69) is 20.0 Å². The van der Waals surface area contributed by atoms with Gasteiger partial charge in [0.15, 0.2) is 0 Å². The van der Waals surface area contributed by atoms with Crippen LogP contribution < -0.4 is 5.32 Å². The highest BCUT2D eigenvalue weighted by Gasteiger charge is 2.09. The fourth-order valence-corrected chi connectivity index (χ4v) is 1.23. The Bertz CT molecular complexity index is 182. The number of hydrogen-bond acceptors (Lipinski definition) is 4. The quantitative estimate of drug-likeness (QED) is 0.590. The molecule has 0 bridgehead atoms. The Morgan fingerprint density at radius 2 is 1.38 bits per heavy atom. The Kier molecular flexibility index (Phi) is 8.15. The highest BCUT2D eigenvalue weighted by atomic mass is 16.1. The molecule has 0 saturated heterocycles. The van der Waals surface area contributed by atoms with Crippen LogP contribution in [0.1, 0.15) is 0 Å². The summed E-state index contributed by atoms with van der Waals surface area (Å²) in [4.78, 5) is 17.8. The zero-order chi connectivity index (χ0) is 12.6. The van der Waals surface area contributed by atoms with Crippen LogP contribution in [0, 0.1) is 0 Å². The van der Waals surface area contributed by atoms with Crippen LogP contribution in [0.15, 0.2) is 0 Å². The molecule has 0 fully saturated rings. The van der Waals surface area contributed by atoms with E-state index in [1.54, 1.807) is 7.05 Å². The molecular weight excluding hydrogens is 204 g/mol. The number of carbonyl (C=O) groups is 1. The predicted molar refractivity (Wildman–Crippen MR) is 67.6 cm³/mol. The van der Waals surface area contributed by atoms with Gasteiger partial charge < -0.3 is 15.1 Å². The van der Waals surface area contributed by atoms with Gasteiger partial charge in [-0.1, -0.05) is 0 Å². The molecule has 5 heteroatoms. The molecule has 16 heavy (non-hydrogen) atoms. The number of nitrogens with zero attached hydrogens (tertiary/aromatic N) is 3. The molecule has 0 aliphatic heterocycles. The highest BCUT2D eigenvalue weighted by Crippen LogP contribution is 1.90. The molecule has 0 aromatic heterocycles. The average molecular weight is 230 g/mol. The number of nitrogens with one attached hydrogen (secondary N) is 1. The Morgan fingerprint density at radius 1 is 0.938 bits per heavy atom. The summed E-state index contributed by atoms with van der Waals surface area (Å²) in [6.07, 6.45) is 0. The summed E-state index contributed by atoms with van der Waals surface area (Å²) in [6, 6.07) is 0. The Hall–Kier alpha value is -0.650. The summed E-state index contributed by atoms with van der Waals surface area (Å²) in [5, 5.41) is 2.66. The third kappa shape index (κ3) is 8.64. The van der Waals surface area contributed by atoms with Gasteiger partial charge in [0.1, 0.15) is 0 Å². The molecule has 0 rings (SSSR count). The van der Waals surface area contributed by atoms with Gasteiger partial charge in [-0.2, -0.15) is 0 Å². The molecular formula is C11H26N4O. The number of carbonyl (C=O) groups excluding carboxylic acids is 1. The molecule has 96 valence electrons. The predicted octanol–water partition coefficient (Wildman–Crippen LogP) is -0.842. The molecule has 0 aliphatic carbocycles. The van der Waals surface area contributed by atoms with Gasteiger partial charge in [0, 0.05) is 33.2 Å². The van der Waals surface area contributed by atoms with Crippen molar-refractivity contribution in [2.24, 2.45) is 0 Å². The maximum absolute atomic E-state index is 11.3. The van der Waals surface area contributed by atoms with E-state index in [4.69, 9.17) is 0 Å². The summed E-state index contributed by atoms with van der Waals surface area (Å²) in [5.41, 5.74) is 0. The fraction of sp³-hybridized carbons (Fsp3) is 0.909. The first-order valence-electron chi connectivity index (χ1n) is 5.68. The lowest BCUT2D eigenvalue weighted by atomic mass is 10.4. The first kappa shape index (κ1) is 15.3. The Morgan fingerprint density at radius 3 is 1.69 bits per heavy atom. The third-order valence-corrected chi connectivity index (χ3v) is 2.37. The standard InChI is InChI=1S/C11H26N4O/c1-12-11(16)10-15(8-6-13(2)3)9-7-14(4)5/h6-10H2,1-5H3,(H,12,16). The molecule has 5 nitrogen and oxygen atoms in total. The van der Waals surface area contributed by atoms with E-state index in [1.807, 2.05) is 28.2 Å². The Labute approximate surface area is 99.4 Å². The first-order chi connectivity index (χ1) is 7.45. The van der Waals surface area contributed by atoms with Crippen molar-refractivity contribution < 1.29 is 4.79 Å². The fourth-order valence-electron chi connectivity index (χ4n) is 1.23. The molecule has 0 heterocycles. The second-order valence-corrected chi connectivity index (χ2v) is 4.56. The minimum absolute atomic E-state index is 0.0810. The minimum atomic E-state index is 0.0810. The van der Waals surface area contributed by atoms with Crippen molar-refractivity contribution in [3.8, 4) is 0 Å². The molecule has 0 unspecified atom stereocenters. The van der Waals surface area contributed by atoms with Gasteiger partial charge in [-0.25, -0.2) is 0 Å². The molecule has 0 saturated carbocycles. The smallest absolute Gasteiger partial charge is 0.233 e. The lowest BCUT2D eigenvalue weighted by molar-refractivity contribution is -0.121. The highest BCUT2D eigenvalue weighted by molar-refractivity contribution is 5.77. The van der Waals surface area contributed by atoms with Crippen molar-refractivity contribution in [1.82, 2.24) is 20.0 Å². The van der Waals surface area contributed by atoms with Crippen molar-refractivity contribution in [3.63, 3.8) is 0 Å². The van der Waals surface area contributed by atoms with Crippen molar-refractivity contribution in [1.29, 1.82) is 0 Å². The van der Waals surface area contributed by atoms with E-state index in [1.165, 1.54) is 0 Å². The van der Waals surface area contributed by atoms with E-state index in [9.17, 15) is 4.79 Å². The lowest BCUT2D eigenvalue weighted by Crippen LogP contribution is -2.42. The van der Waals surface area contributed by atoms with E-state index in [0.29, 0.717) is 6.54 Å². The summed E-state index contributed by atoms with van der Waals surface area (Å²) >= 11 is 0. The summed E-state index contributed by atoms with van der Waals surface area (Å²) < 4.78 is 0. The maximum atomic E-state index is 11.3. The van der Waals surface area contributed by atoms with Gasteiger partial charge in [-0.05, 0) is 28.2 Å². The van der Waals surface area contributed by atoms with Gasteiger partial charge >= 0.3 is 0 Å². The monoisotopic (exact) mass is 230 g/mol. The van der Waals surface area contributed by atoms with Crippen molar-refractivity contribution in [2.45, 2.75) is 0 Å². The SMILES string of the molecule is CNC(=O)CN(CCN(C)C)CCN(C)C. The Balaban J connectivity index is 3.99. The largest absolute Gasteiger partial charge is 0.358 e. The molecule has 0 atom stereocenters. The van der Waals surface area contributed by atoms with Crippen LogP contribution in [0.3, 0.4) is 0 Å². The van der Waals surface area contributed by atoms with Crippen LogP contribution in [0.5, 0.6) is 0 Å². The summed E-state index contributed by atoms with van der Waals surface area (Å²) in [6.45, 7) is 4.29. The van der Waals surface area contributed by atoms with Gasteiger partial charge in [-0.15, -0.1) is 0 Å². The maximum Gasteiger partial charge on any atom is 0.233 e. The molecule has 0 aliphatic rings. The van der Waals surface area contributed by atoms with Crippen LogP contribution in [-0.4, -0.2) is 88.6 Å². The molecule has 1 amide bonds. The van der Waals surface area contributed by atoms with Crippen molar-refractivity contribution in [3.05, 3.63) is 0 Å². The second kappa shape index (κ2) is 8.50. The zero-order valence-electron chi connectivity index (χ0n) is 11.3. The normalized spacial score (nSPS) is 11.5. The molecule has 0 aromatic carbocycles. The van der Waals surface area contributed by atoms with Crippen LogP contribution in [0.4, 0.5) is 0 Å². The van der Waals surface area contributed by atoms with Crippen LogP contribution in [0.25, 0.3) is 0 Å². The van der Waals surface area contributed by atoms with E-state index in [0.717, 1.165) is 26.2 Å². The molecule has 1 N–H and O–H groups in total. The van der Waals surface area contributed by atoms with Crippen molar-refractivity contribution in [2.75, 3.05) is 68.0 Å². The molecule has 0 radical (unpaired) electrons. The zero-order valence-corrected chi connectivity index (χ0v) is 11.3. The number of amides is 1. The van der Waals surface area contributed by atoms with Crippen LogP contribution in [-0.2, 0) is 4.79 Å². The van der Waals surface area contributed by atoms with Crippen LogP contribution >= 0.6 is 0 Å². The first-order valence-corrected chi connectivity index (χ1v) is 5.68. The van der Waals surface area contributed by atoms with E-state index < -0.39 is 0 Å². The molecule has 0 aromatic rings. The summed E-state index contributed by atoms with van der Waals surface area (Å²) in [5.74, 6) is 0.0810. The van der Waals surface area contributed by atoms with Crippen molar-refractivity contribution >= 4 is 5.91 Å². The number of likely N-dealkylation sites (N-methyl/N-ethyl adjacent to an activating group) is 3. The van der Waals surface area contributed by atoms with Gasteiger partial charge in [0.2, 0.25) is 5.91 Å². The third-order valence-electron chi connectivity index (χ3n) is 2.37. The average Bonchev–Trinajstić information content (AvgIpc) is 2.21. The van der Waals surface area contributed by atoms with E-state index >= 15 is 0 Å². The topological polar surface area (TPSA) is 38.8 Å². The number of rotatable bonds is 8. The summed E-state index contributed by atoms with van der Waals surface area (Å²) in [7, 11) is 9.86. The number of hydrogen-bond donors (Lipinski definition) is 1. The van der Waals surface area contributed by atoms with Gasteiger partial charge in [0.25, 0.3) is 0 Å². The van der Waals surface area contributed by atoms with Gasteiger partial charge in [-0.3, -0.25) is 9.69 Å². The minimum Gasteiger partial charge on any atom is -0.358 e. The molecule has 0 spiro atoms. The van der Waals surface area contributed by atoms with E-state index in [-0.39, 0.29) is 5.91 Å². The van der Waals surface area contributed by atoms with Gasteiger partial charge in [0.05, 0.1) is 6.54 Å².